The van der Waals surface area contributed by atoms with Crippen molar-refractivity contribution in [2.45, 2.75) is 24.3 Å². The second-order valence-electron chi connectivity index (χ2n) is 4.81. The summed E-state index contributed by atoms with van der Waals surface area (Å²) in [6.45, 7) is 3.88. The molecule has 4 nitrogen and oxygen atoms in total. The maximum absolute atomic E-state index is 12.0. The van der Waals surface area contributed by atoms with Crippen molar-refractivity contribution >= 4 is 35.1 Å². The largest absolute Gasteiger partial charge is 0.308 e. The highest BCUT2D eigenvalue weighted by atomic mass is 35.5. The Hall–Kier alpha value is -1.46. The molecule has 1 aliphatic heterocycles. The van der Waals surface area contributed by atoms with E-state index in [1.807, 2.05) is 38.1 Å². The topological polar surface area (TPSA) is 57.8 Å². The third-order valence-corrected chi connectivity index (χ3v) is 5.03. The number of nitrogens with one attached hydrogen (secondary N) is 2. The lowest BCUT2D eigenvalue weighted by Gasteiger charge is -2.17. The van der Waals surface area contributed by atoms with Crippen LogP contribution in [-0.4, -0.2) is 21.4 Å². The van der Waals surface area contributed by atoms with Gasteiger partial charge in [0.15, 0.2) is 5.82 Å². The lowest BCUT2D eigenvalue weighted by molar-refractivity contribution is -0.115. The molecule has 2 N–H and O–H groups in total. The van der Waals surface area contributed by atoms with E-state index in [1.54, 1.807) is 11.8 Å². The third-order valence-electron chi connectivity index (χ3n) is 3.38. The number of H-pyrrole nitrogens is 1. The normalized spacial score (nSPS) is 22.1. The summed E-state index contributed by atoms with van der Waals surface area (Å²) in [6, 6.07) is 7.74. The van der Waals surface area contributed by atoms with E-state index in [-0.39, 0.29) is 16.4 Å². The monoisotopic (exact) mass is 307 g/mol. The Labute approximate surface area is 126 Å². The number of fused-ring (bicyclic) bond motifs is 1. The van der Waals surface area contributed by atoms with Crippen molar-refractivity contribution < 1.29 is 4.79 Å². The standard InChI is InChI=1S/C14H14ClN3OS/c1-7-11-12(9-3-5-10(15)6-4-9)20-8(2)14(19)16-13(11)18-17-7/h3-6,8,12H,1-2H3,(H2,16,17,18,19)/t8-,12-/m1/s1. The summed E-state index contributed by atoms with van der Waals surface area (Å²) in [5, 5.41) is 10.7. The second-order valence-corrected chi connectivity index (χ2v) is 6.70. The summed E-state index contributed by atoms with van der Waals surface area (Å²) in [4.78, 5) is 12.0. The van der Waals surface area contributed by atoms with Crippen LogP contribution in [0.1, 0.15) is 29.0 Å². The zero-order chi connectivity index (χ0) is 14.3. The number of benzene rings is 1. The first-order chi connectivity index (χ1) is 9.56. The lowest BCUT2D eigenvalue weighted by atomic mass is 10.0. The number of halogens is 1. The van der Waals surface area contributed by atoms with Gasteiger partial charge in [-0.05, 0) is 31.5 Å². The Balaban J connectivity index is 2.10. The Morgan fingerprint density at radius 2 is 2.00 bits per heavy atom. The average Bonchev–Trinajstić information content (AvgIpc) is 2.71. The van der Waals surface area contributed by atoms with Crippen LogP contribution in [0.25, 0.3) is 0 Å². The van der Waals surface area contributed by atoms with Gasteiger partial charge >= 0.3 is 0 Å². The van der Waals surface area contributed by atoms with Gasteiger partial charge in [0.1, 0.15) is 0 Å². The SMILES string of the molecule is Cc1[nH]nc2c1[C@@H](c1ccc(Cl)cc1)S[C@H](C)C(=O)N2. The zero-order valence-electron chi connectivity index (χ0n) is 11.1. The molecule has 0 radical (unpaired) electrons. The number of aromatic amines is 1. The molecule has 0 saturated carbocycles. The van der Waals surface area contributed by atoms with Gasteiger partial charge in [-0.15, -0.1) is 11.8 Å². The van der Waals surface area contributed by atoms with Gasteiger partial charge in [0.05, 0.1) is 10.5 Å². The smallest absolute Gasteiger partial charge is 0.238 e. The van der Waals surface area contributed by atoms with Crippen LogP contribution >= 0.6 is 23.4 Å². The number of carbonyl (C=O) groups excluding carboxylic acids is 1. The van der Waals surface area contributed by atoms with Crippen molar-refractivity contribution in [3.63, 3.8) is 0 Å². The van der Waals surface area contributed by atoms with Crippen LogP contribution in [0.4, 0.5) is 5.82 Å². The predicted octanol–water partition coefficient (Wildman–Crippen LogP) is 3.53. The van der Waals surface area contributed by atoms with Gasteiger partial charge in [-0.25, -0.2) is 0 Å². The summed E-state index contributed by atoms with van der Waals surface area (Å²) < 4.78 is 0. The van der Waals surface area contributed by atoms with E-state index in [4.69, 9.17) is 11.6 Å². The first-order valence-electron chi connectivity index (χ1n) is 6.33. The van der Waals surface area contributed by atoms with E-state index in [1.165, 1.54) is 0 Å². The van der Waals surface area contributed by atoms with Crippen molar-refractivity contribution in [3.05, 3.63) is 46.1 Å². The Kier molecular flexibility index (Phi) is 3.48. The van der Waals surface area contributed by atoms with Gasteiger partial charge in [0, 0.05) is 16.3 Å². The third kappa shape index (κ3) is 2.31. The molecule has 6 heteroatoms. The molecule has 0 spiro atoms. The van der Waals surface area contributed by atoms with E-state index in [0.717, 1.165) is 16.8 Å². The fourth-order valence-electron chi connectivity index (χ4n) is 2.29. The quantitative estimate of drug-likeness (QED) is 0.847. The molecule has 1 aliphatic rings. The van der Waals surface area contributed by atoms with Crippen LogP contribution in [-0.2, 0) is 4.79 Å². The van der Waals surface area contributed by atoms with Crippen molar-refractivity contribution in [2.24, 2.45) is 0 Å². The van der Waals surface area contributed by atoms with Crippen LogP contribution in [0.3, 0.4) is 0 Å². The molecule has 20 heavy (non-hydrogen) atoms. The number of hydrogen-bond acceptors (Lipinski definition) is 3. The highest BCUT2D eigenvalue weighted by Gasteiger charge is 2.31. The molecular formula is C14H14ClN3OS. The number of anilines is 1. The summed E-state index contributed by atoms with van der Waals surface area (Å²) >= 11 is 7.57. The van der Waals surface area contributed by atoms with E-state index >= 15 is 0 Å². The maximum Gasteiger partial charge on any atom is 0.238 e. The van der Waals surface area contributed by atoms with Crippen LogP contribution in [0.5, 0.6) is 0 Å². The predicted molar refractivity (Wildman–Crippen MR) is 82.3 cm³/mol. The van der Waals surface area contributed by atoms with Crippen molar-refractivity contribution in [1.82, 2.24) is 10.2 Å². The molecule has 0 unspecified atom stereocenters. The van der Waals surface area contributed by atoms with E-state index in [9.17, 15) is 4.79 Å². The van der Waals surface area contributed by atoms with Crippen molar-refractivity contribution in [3.8, 4) is 0 Å². The number of amides is 1. The minimum Gasteiger partial charge on any atom is -0.308 e. The fourth-order valence-corrected chi connectivity index (χ4v) is 3.74. The molecule has 3 rings (SSSR count). The molecule has 1 aromatic heterocycles. The first-order valence-corrected chi connectivity index (χ1v) is 7.65. The minimum atomic E-state index is -0.135. The highest BCUT2D eigenvalue weighted by Crippen LogP contribution is 2.44. The van der Waals surface area contributed by atoms with Gasteiger partial charge in [0.2, 0.25) is 5.91 Å². The summed E-state index contributed by atoms with van der Waals surface area (Å²) in [7, 11) is 0. The molecule has 104 valence electrons. The summed E-state index contributed by atoms with van der Waals surface area (Å²) in [5.41, 5.74) is 3.13. The number of aryl methyl sites for hydroxylation is 1. The molecule has 2 atom stereocenters. The number of rotatable bonds is 1. The minimum absolute atomic E-state index is 0.0146. The first kappa shape index (κ1) is 13.5. The second kappa shape index (κ2) is 5.14. The van der Waals surface area contributed by atoms with Gasteiger partial charge in [-0.2, -0.15) is 5.10 Å². The molecule has 0 saturated heterocycles. The van der Waals surface area contributed by atoms with E-state index in [0.29, 0.717) is 10.8 Å². The van der Waals surface area contributed by atoms with Gasteiger partial charge < -0.3 is 5.32 Å². The molecule has 2 aromatic rings. The van der Waals surface area contributed by atoms with Gasteiger partial charge in [-0.3, -0.25) is 9.89 Å². The number of hydrogen-bond donors (Lipinski definition) is 2. The molecule has 0 bridgehead atoms. The van der Waals surface area contributed by atoms with Crippen LogP contribution in [0.2, 0.25) is 5.02 Å². The van der Waals surface area contributed by atoms with Crippen molar-refractivity contribution in [1.29, 1.82) is 0 Å². The van der Waals surface area contributed by atoms with Crippen molar-refractivity contribution in [2.75, 3.05) is 5.32 Å². The molecule has 0 aliphatic carbocycles. The van der Waals surface area contributed by atoms with Crippen LogP contribution in [0, 0.1) is 6.92 Å². The average molecular weight is 308 g/mol. The molecule has 2 heterocycles. The molecular weight excluding hydrogens is 294 g/mol. The van der Waals surface area contributed by atoms with E-state index < -0.39 is 0 Å². The number of thioether (sulfide) groups is 1. The lowest BCUT2D eigenvalue weighted by Crippen LogP contribution is -2.21. The Morgan fingerprint density at radius 3 is 2.70 bits per heavy atom. The molecule has 1 aromatic carbocycles. The number of carbonyl (C=O) groups is 1. The van der Waals surface area contributed by atoms with E-state index in [2.05, 4.69) is 15.5 Å². The highest BCUT2D eigenvalue weighted by molar-refractivity contribution is 8.01. The van der Waals surface area contributed by atoms with Crippen LogP contribution < -0.4 is 5.32 Å². The molecule has 0 fully saturated rings. The summed E-state index contributed by atoms with van der Waals surface area (Å²) in [6.07, 6.45) is 0. The summed E-state index contributed by atoms with van der Waals surface area (Å²) in [5.74, 6) is 0.614. The number of nitrogens with zero attached hydrogens (tertiary/aromatic N) is 1. The maximum atomic E-state index is 12.0. The van der Waals surface area contributed by atoms with Crippen LogP contribution in [0.15, 0.2) is 24.3 Å². The Morgan fingerprint density at radius 1 is 1.30 bits per heavy atom. The molecule has 1 amide bonds. The Bertz CT molecular complexity index is 653. The number of aromatic nitrogens is 2. The van der Waals surface area contributed by atoms with Gasteiger partial charge in [-0.1, -0.05) is 23.7 Å². The fraction of sp³-hybridized carbons (Fsp3) is 0.286. The zero-order valence-corrected chi connectivity index (χ0v) is 12.7. The van der Waals surface area contributed by atoms with Gasteiger partial charge in [0.25, 0.3) is 0 Å².